The van der Waals surface area contributed by atoms with Crippen molar-refractivity contribution >= 4 is 0 Å². The van der Waals surface area contributed by atoms with Crippen LogP contribution in [0.25, 0.3) is 11.3 Å². The van der Waals surface area contributed by atoms with E-state index in [4.69, 9.17) is 0 Å². The second-order valence-electron chi connectivity index (χ2n) is 3.43. The average Bonchev–Trinajstić information content (AvgIpc) is 2.43. The molecule has 0 N–H and O–H groups in total. The Morgan fingerprint density at radius 1 is 1.33 bits per heavy atom. The summed E-state index contributed by atoms with van der Waals surface area (Å²) in [6.07, 6.45) is 2.96. The highest BCUT2D eigenvalue weighted by Gasteiger charge is 2.16. The van der Waals surface area contributed by atoms with Gasteiger partial charge in [-0.25, -0.2) is 9.37 Å². The largest absolute Gasteiger partial charge is 0.348 e. The minimum Gasteiger partial charge on any atom is -0.348 e. The first-order valence-corrected chi connectivity index (χ1v) is 4.53. The lowest BCUT2D eigenvalue weighted by Gasteiger charge is -2.03. The molecule has 0 atom stereocenters. The fourth-order valence-corrected chi connectivity index (χ4v) is 1.62. The maximum absolute atomic E-state index is 13.7. The highest BCUT2D eigenvalue weighted by molar-refractivity contribution is 5.61. The Morgan fingerprint density at radius 3 is 2.60 bits per heavy atom. The maximum atomic E-state index is 13.7. The quantitative estimate of drug-likeness (QED) is 0.659. The van der Waals surface area contributed by atoms with Crippen LogP contribution in [0.15, 0.2) is 24.5 Å². The van der Waals surface area contributed by atoms with Gasteiger partial charge in [-0.1, -0.05) is 0 Å². The van der Waals surface area contributed by atoms with Crippen LogP contribution in [0.1, 0.15) is 5.56 Å². The third-order valence-electron chi connectivity index (χ3n) is 2.31. The second kappa shape index (κ2) is 3.46. The molecular formula is C11H10F2N2. The summed E-state index contributed by atoms with van der Waals surface area (Å²) in [5, 5.41) is 0. The summed E-state index contributed by atoms with van der Waals surface area (Å²) in [4.78, 5) is 3.50. The smallest absolute Gasteiger partial charge is 0.222 e. The van der Waals surface area contributed by atoms with E-state index in [-0.39, 0.29) is 11.3 Å². The van der Waals surface area contributed by atoms with Crippen molar-refractivity contribution in [3.8, 4) is 11.3 Å². The van der Waals surface area contributed by atoms with Crippen molar-refractivity contribution in [1.29, 1.82) is 0 Å². The van der Waals surface area contributed by atoms with Crippen LogP contribution in [0.2, 0.25) is 0 Å². The zero-order valence-corrected chi connectivity index (χ0v) is 8.46. The summed E-state index contributed by atoms with van der Waals surface area (Å²) in [6, 6.07) is 3.10. The van der Waals surface area contributed by atoms with Crippen LogP contribution in [0.4, 0.5) is 8.78 Å². The summed E-state index contributed by atoms with van der Waals surface area (Å²) in [6.45, 7) is 1.65. The first-order chi connectivity index (χ1) is 7.11. The van der Waals surface area contributed by atoms with E-state index in [1.807, 2.05) is 0 Å². The maximum Gasteiger partial charge on any atom is 0.222 e. The fourth-order valence-electron chi connectivity index (χ4n) is 1.62. The molecule has 0 amide bonds. The highest BCUT2D eigenvalue weighted by Crippen LogP contribution is 2.26. The summed E-state index contributed by atoms with van der Waals surface area (Å²) >= 11 is 0. The van der Waals surface area contributed by atoms with E-state index >= 15 is 0 Å². The zero-order valence-electron chi connectivity index (χ0n) is 8.46. The van der Waals surface area contributed by atoms with Gasteiger partial charge in [-0.3, -0.25) is 0 Å². The lowest BCUT2D eigenvalue weighted by Crippen LogP contribution is -1.95. The van der Waals surface area contributed by atoms with Crippen molar-refractivity contribution < 1.29 is 8.78 Å². The molecule has 2 heterocycles. The topological polar surface area (TPSA) is 17.8 Å². The molecule has 0 aliphatic rings. The number of hydrogen-bond acceptors (Lipinski definition) is 1. The molecule has 4 heteroatoms. The monoisotopic (exact) mass is 208 g/mol. The Kier molecular flexibility index (Phi) is 2.26. The second-order valence-corrected chi connectivity index (χ2v) is 3.43. The molecule has 0 saturated carbocycles. The average molecular weight is 208 g/mol. The van der Waals surface area contributed by atoms with Crippen molar-refractivity contribution in [3.05, 3.63) is 41.9 Å². The van der Waals surface area contributed by atoms with Gasteiger partial charge >= 0.3 is 0 Å². The molecule has 0 aromatic carbocycles. The Bertz CT molecular complexity index is 503. The number of aryl methyl sites for hydroxylation is 2. The molecule has 2 rings (SSSR count). The Labute approximate surface area is 86.2 Å². The van der Waals surface area contributed by atoms with E-state index in [0.29, 0.717) is 5.56 Å². The normalized spacial score (nSPS) is 10.7. The van der Waals surface area contributed by atoms with Gasteiger partial charge in [-0.2, -0.15) is 4.39 Å². The minimum atomic E-state index is -0.655. The van der Waals surface area contributed by atoms with E-state index in [0.717, 1.165) is 0 Å². The van der Waals surface area contributed by atoms with E-state index in [9.17, 15) is 8.78 Å². The Hall–Kier alpha value is -1.71. The van der Waals surface area contributed by atoms with Crippen LogP contribution in [-0.4, -0.2) is 9.55 Å². The van der Waals surface area contributed by atoms with Crippen LogP contribution in [0.5, 0.6) is 0 Å². The molecule has 2 nitrogen and oxygen atoms in total. The molecule has 0 radical (unpaired) electrons. The standard InChI is InChI=1S/C11H10F2N2/c1-7-6-15(2)10(9(7)12)8-4-3-5-14-11(8)13/h3-6H,1-2H3. The van der Waals surface area contributed by atoms with E-state index < -0.39 is 11.8 Å². The molecule has 2 aromatic rings. The summed E-state index contributed by atoms with van der Waals surface area (Å²) < 4.78 is 28.6. The van der Waals surface area contributed by atoms with Gasteiger partial charge in [0.2, 0.25) is 5.95 Å². The SMILES string of the molecule is Cc1cn(C)c(-c2cccnc2F)c1F. The van der Waals surface area contributed by atoms with Crippen molar-refractivity contribution in [1.82, 2.24) is 9.55 Å². The summed E-state index contributed by atoms with van der Waals surface area (Å²) in [5.41, 5.74) is 0.916. The molecule has 0 saturated heterocycles. The summed E-state index contributed by atoms with van der Waals surface area (Å²) in [7, 11) is 1.68. The fraction of sp³-hybridized carbons (Fsp3) is 0.182. The van der Waals surface area contributed by atoms with Gasteiger partial charge in [0, 0.05) is 25.0 Å². The lowest BCUT2D eigenvalue weighted by molar-refractivity contribution is 0.579. The van der Waals surface area contributed by atoms with Gasteiger partial charge in [-0.15, -0.1) is 0 Å². The number of nitrogens with zero attached hydrogens (tertiary/aromatic N) is 2. The van der Waals surface area contributed by atoms with Gasteiger partial charge in [0.1, 0.15) is 0 Å². The highest BCUT2D eigenvalue weighted by atomic mass is 19.1. The number of pyridine rings is 1. The molecule has 78 valence electrons. The molecule has 0 bridgehead atoms. The lowest BCUT2D eigenvalue weighted by atomic mass is 10.2. The molecule has 0 unspecified atom stereocenters. The van der Waals surface area contributed by atoms with Gasteiger partial charge in [-0.05, 0) is 19.1 Å². The van der Waals surface area contributed by atoms with Gasteiger partial charge in [0.25, 0.3) is 0 Å². The van der Waals surface area contributed by atoms with E-state index in [1.165, 1.54) is 12.3 Å². The molecule has 0 aliphatic heterocycles. The molecule has 0 fully saturated rings. The van der Waals surface area contributed by atoms with Crippen LogP contribution in [0, 0.1) is 18.7 Å². The van der Waals surface area contributed by atoms with Crippen molar-refractivity contribution in [2.24, 2.45) is 7.05 Å². The minimum absolute atomic E-state index is 0.186. The number of halogens is 2. The third kappa shape index (κ3) is 1.52. The predicted octanol–water partition coefficient (Wildman–Crippen LogP) is 2.67. The number of rotatable bonds is 1. The molecule has 2 aromatic heterocycles. The predicted molar refractivity (Wildman–Crippen MR) is 53.3 cm³/mol. The Balaban J connectivity index is 2.69. The van der Waals surface area contributed by atoms with Crippen LogP contribution in [0.3, 0.4) is 0 Å². The number of aromatic nitrogens is 2. The zero-order chi connectivity index (χ0) is 11.0. The van der Waals surface area contributed by atoms with Crippen LogP contribution >= 0.6 is 0 Å². The third-order valence-corrected chi connectivity index (χ3v) is 2.31. The van der Waals surface area contributed by atoms with Crippen molar-refractivity contribution in [2.45, 2.75) is 6.92 Å². The molecule has 15 heavy (non-hydrogen) atoms. The van der Waals surface area contributed by atoms with Crippen LogP contribution < -0.4 is 0 Å². The number of hydrogen-bond donors (Lipinski definition) is 0. The first-order valence-electron chi connectivity index (χ1n) is 4.53. The summed E-state index contributed by atoms with van der Waals surface area (Å²) in [5.74, 6) is -1.05. The molecular weight excluding hydrogens is 198 g/mol. The van der Waals surface area contributed by atoms with Crippen molar-refractivity contribution in [3.63, 3.8) is 0 Å². The van der Waals surface area contributed by atoms with Gasteiger partial charge < -0.3 is 4.57 Å². The van der Waals surface area contributed by atoms with Crippen LogP contribution in [-0.2, 0) is 7.05 Å². The van der Waals surface area contributed by atoms with E-state index in [2.05, 4.69) is 4.98 Å². The van der Waals surface area contributed by atoms with Gasteiger partial charge in [0.05, 0.1) is 11.3 Å². The van der Waals surface area contributed by atoms with Crippen molar-refractivity contribution in [2.75, 3.05) is 0 Å². The first kappa shape index (κ1) is 9.83. The van der Waals surface area contributed by atoms with Gasteiger partial charge in [0.15, 0.2) is 5.82 Å². The Morgan fingerprint density at radius 2 is 2.07 bits per heavy atom. The van der Waals surface area contributed by atoms with E-state index in [1.54, 1.807) is 30.8 Å². The molecule has 0 aliphatic carbocycles. The molecule has 0 spiro atoms.